The number of hydrogen-bond donors (Lipinski definition) is 1. The molecular weight excluding hydrogens is 335 g/mol. The van der Waals surface area contributed by atoms with E-state index in [1.807, 2.05) is 6.07 Å². The number of rotatable bonds is 4. The predicted molar refractivity (Wildman–Crippen MR) is 75.8 cm³/mol. The Kier molecular flexibility index (Phi) is 4.74. The molecule has 1 heterocycles. The lowest BCUT2D eigenvalue weighted by Crippen LogP contribution is -2.19. The van der Waals surface area contributed by atoms with E-state index in [0.29, 0.717) is 15.9 Å². The Bertz CT molecular complexity index is 568. The zero-order chi connectivity index (χ0) is 13.8. The minimum atomic E-state index is -0.545. The van der Waals surface area contributed by atoms with Gasteiger partial charge in [0.25, 0.3) is 0 Å². The van der Waals surface area contributed by atoms with Gasteiger partial charge in [0, 0.05) is 18.8 Å². The van der Waals surface area contributed by atoms with Gasteiger partial charge in [0.1, 0.15) is 11.6 Å². The molecule has 0 saturated carbocycles. The molecule has 100 valence electrons. The van der Waals surface area contributed by atoms with Crippen molar-refractivity contribution in [2.75, 3.05) is 6.54 Å². The molecule has 0 amide bonds. The molecule has 0 radical (unpaired) electrons. The van der Waals surface area contributed by atoms with Crippen LogP contribution in [0.15, 0.2) is 41.0 Å². The maximum Gasteiger partial charge on any atom is 0.153 e. The van der Waals surface area contributed by atoms with Crippen LogP contribution in [0.2, 0.25) is 5.02 Å². The lowest BCUT2D eigenvalue weighted by atomic mass is 10.2. The Morgan fingerprint density at radius 3 is 2.84 bits per heavy atom. The lowest BCUT2D eigenvalue weighted by Gasteiger charge is -2.18. The van der Waals surface area contributed by atoms with E-state index >= 15 is 0 Å². The van der Waals surface area contributed by atoms with Gasteiger partial charge in [-0.2, -0.15) is 0 Å². The molecule has 0 bridgehead atoms. The molecule has 6 heteroatoms. The highest BCUT2D eigenvalue weighted by Crippen LogP contribution is 2.33. The highest BCUT2D eigenvalue weighted by molar-refractivity contribution is 9.10. The summed E-state index contributed by atoms with van der Waals surface area (Å²) >= 11 is 8.95. The smallest absolute Gasteiger partial charge is 0.153 e. The molecule has 1 atom stereocenters. The first-order chi connectivity index (χ1) is 9.11. The quantitative estimate of drug-likeness (QED) is 0.859. The molecule has 0 fully saturated rings. The van der Waals surface area contributed by atoms with Crippen LogP contribution < -0.4 is 10.5 Å². The summed E-state index contributed by atoms with van der Waals surface area (Å²) in [4.78, 5) is 4.18. The maximum absolute atomic E-state index is 13.4. The SMILES string of the molecule is NCC(Oc1cc(F)c(Cl)cc1Br)c1ccccn1. The predicted octanol–water partition coefficient (Wildman–Crippen LogP) is 3.72. The van der Waals surface area contributed by atoms with Crippen LogP contribution >= 0.6 is 27.5 Å². The van der Waals surface area contributed by atoms with Gasteiger partial charge in [0.15, 0.2) is 6.10 Å². The van der Waals surface area contributed by atoms with Crippen LogP contribution in [0.4, 0.5) is 4.39 Å². The summed E-state index contributed by atoms with van der Waals surface area (Å²) in [5.41, 5.74) is 6.36. The average Bonchev–Trinajstić information content (AvgIpc) is 2.42. The van der Waals surface area contributed by atoms with Gasteiger partial charge in [0.2, 0.25) is 0 Å². The zero-order valence-electron chi connectivity index (χ0n) is 9.82. The summed E-state index contributed by atoms with van der Waals surface area (Å²) in [6.45, 7) is 0.230. The van der Waals surface area contributed by atoms with Crippen LogP contribution in [0.1, 0.15) is 11.8 Å². The first kappa shape index (κ1) is 14.2. The summed E-state index contributed by atoms with van der Waals surface area (Å²) in [5, 5.41) is 0.0290. The first-order valence-electron chi connectivity index (χ1n) is 5.54. The topological polar surface area (TPSA) is 48.1 Å². The summed E-state index contributed by atoms with van der Waals surface area (Å²) in [6.07, 6.45) is 1.21. The normalized spacial score (nSPS) is 12.2. The number of aromatic nitrogens is 1. The minimum absolute atomic E-state index is 0.0290. The molecule has 0 aliphatic heterocycles. The minimum Gasteiger partial charge on any atom is -0.481 e. The van der Waals surface area contributed by atoms with Gasteiger partial charge in [-0.15, -0.1) is 0 Å². The molecule has 19 heavy (non-hydrogen) atoms. The zero-order valence-corrected chi connectivity index (χ0v) is 12.2. The van der Waals surface area contributed by atoms with Crippen LogP contribution in [0.25, 0.3) is 0 Å². The van der Waals surface area contributed by atoms with Gasteiger partial charge >= 0.3 is 0 Å². The highest BCUT2D eigenvalue weighted by atomic mass is 79.9. The van der Waals surface area contributed by atoms with E-state index < -0.39 is 11.9 Å². The van der Waals surface area contributed by atoms with Crippen molar-refractivity contribution in [2.45, 2.75) is 6.10 Å². The number of halogens is 3. The molecule has 3 nitrogen and oxygen atoms in total. The van der Waals surface area contributed by atoms with Crippen molar-refractivity contribution >= 4 is 27.5 Å². The van der Waals surface area contributed by atoms with Gasteiger partial charge in [-0.3, -0.25) is 4.98 Å². The monoisotopic (exact) mass is 344 g/mol. The number of benzene rings is 1. The van der Waals surface area contributed by atoms with Crippen LogP contribution in [0, 0.1) is 5.82 Å². The Hall–Kier alpha value is -1.17. The molecule has 1 aromatic carbocycles. The molecule has 2 N–H and O–H groups in total. The van der Waals surface area contributed by atoms with Crippen LogP contribution in [0.5, 0.6) is 5.75 Å². The van der Waals surface area contributed by atoms with Crippen LogP contribution in [-0.4, -0.2) is 11.5 Å². The molecule has 1 aromatic heterocycles. The third-order valence-corrected chi connectivity index (χ3v) is 3.39. The lowest BCUT2D eigenvalue weighted by molar-refractivity contribution is 0.207. The number of pyridine rings is 1. The average molecular weight is 346 g/mol. The number of nitrogens with zero attached hydrogens (tertiary/aromatic N) is 1. The highest BCUT2D eigenvalue weighted by Gasteiger charge is 2.16. The fourth-order valence-electron chi connectivity index (χ4n) is 1.54. The second kappa shape index (κ2) is 6.32. The van der Waals surface area contributed by atoms with Crippen molar-refractivity contribution in [1.82, 2.24) is 4.98 Å². The Balaban J connectivity index is 2.26. The summed E-state index contributed by atoms with van der Waals surface area (Å²) < 4.78 is 19.7. The van der Waals surface area contributed by atoms with Crippen LogP contribution in [0.3, 0.4) is 0 Å². The summed E-state index contributed by atoms with van der Waals surface area (Å²) in [5.74, 6) is -0.209. The van der Waals surface area contributed by atoms with Crippen molar-refractivity contribution in [3.63, 3.8) is 0 Å². The van der Waals surface area contributed by atoms with E-state index in [2.05, 4.69) is 20.9 Å². The maximum atomic E-state index is 13.4. The van der Waals surface area contributed by atoms with Crippen molar-refractivity contribution in [2.24, 2.45) is 5.73 Å². The fraction of sp³-hybridized carbons (Fsp3) is 0.154. The first-order valence-corrected chi connectivity index (χ1v) is 6.71. The molecule has 2 aromatic rings. The molecule has 0 spiro atoms. The van der Waals surface area contributed by atoms with Gasteiger partial charge in [-0.25, -0.2) is 4.39 Å². The van der Waals surface area contributed by atoms with Crippen molar-refractivity contribution in [1.29, 1.82) is 0 Å². The van der Waals surface area contributed by atoms with E-state index in [9.17, 15) is 4.39 Å². The van der Waals surface area contributed by atoms with Crippen molar-refractivity contribution in [3.8, 4) is 5.75 Å². The van der Waals surface area contributed by atoms with E-state index in [1.165, 1.54) is 12.1 Å². The third-order valence-electron chi connectivity index (χ3n) is 2.48. The third kappa shape index (κ3) is 3.43. The summed E-state index contributed by atoms with van der Waals surface area (Å²) in [7, 11) is 0. The molecular formula is C13H11BrClFN2O. The second-order valence-electron chi connectivity index (χ2n) is 3.79. The number of ether oxygens (including phenoxy) is 1. The van der Waals surface area contributed by atoms with Gasteiger partial charge in [-0.05, 0) is 34.1 Å². The largest absolute Gasteiger partial charge is 0.481 e. The van der Waals surface area contributed by atoms with E-state index in [0.717, 1.165) is 0 Å². The van der Waals surface area contributed by atoms with Crippen molar-refractivity contribution in [3.05, 3.63) is 57.5 Å². The van der Waals surface area contributed by atoms with Crippen LogP contribution in [-0.2, 0) is 0 Å². The number of hydrogen-bond acceptors (Lipinski definition) is 3. The van der Waals surface area contributed by atoms with Gasteiger partial charge in [0.05, 0.1) is 15.2 Å². The van der Waals surface area contributed by atoms with Gasteiger partial charge in [-0.1, -0.05) is 17.7 Å². The Morgan fingerprint density at radius 1 is 1.42 bits per heavy atom. The molecule has 0 saturated heterocycles. The van der Waals surface area contributed by atoms with E-state index in [-0.39, 0.29) is 11.6 Å². The van der Waals surface area contributed by atoms with E-state index in [1.54, 1.807) is 18.3 Å². The summed E-state index contributed by atoms with van der Waals surface area (Å²) in [6, 6.07) is 8.11. The number of nitrogens with two attached hydrogens (primary N) is 1. The fourth-order valence-corrected chi connectivity index (χ4v) is 2.28. The molecule has 0 aliphatic rings. The Labute approximate surface area is 123 Å². The molecule has 2 rings (SSSR count). The van der Waals surface area contributed by atoms with E-state index in [4.69, 9.17) is 22.1 Å². The second-order valence-corrected chi connectivity index (χ2v) is 5.06. The molecule has 0 aliphatic carbocycles. The molecule has 1 unspecified atom stereocenters. The van der Waals surface area contributed by atoms with Gasteiger partial charge < -0.3 is 10.5 Å². The standard InChI is InChI=1S/C13H11BrClFN2O/c14-8-5-9(15)10(16)6-12(8)19-13(7-17)11-3-1-2-4-18-11/h1-6,13H,7,17H2. The van der Waals surface area contributed by atoms with Crippen molar-refractivity contribution < 1.29 is 9.13 Å². The Morgan fingerprint density at radius 2 is 2.21 bits per heavy atom.